The summed E-state index contributed by atoms with van der Waals surface area (Å²) in [5, 5.41) is 18.8. The molecule has 1 aliphatic rings. The standard InChI is InChI=1S/C12H24N2O2.C4H4O4/c1-12(2,3)16-11(15)14-7-5-10(6-8-14)9-13-4;5-3(6)1-2-4(7)8/h10,13H,5-9H2,1-4H3;1-2H,(H,5,6)(H,7,8). The number of carbonyl (C=O) groups excluding carboxylic acids is 1. The summed E-state index contributed by atoms with van der Waals surface area (Å²) in [6.45, 7) is 8.39. The maximum atomic E-state index is 11.8. The number of hydrogen-bond acceptors (Lipinski definition) is 5. The lowest BCUT2D eigenvalue weighted by Crippen LogP contribution is -2.43. The first-order valence-corrected chi connectivity index (χ1v) is 7.81. The van der Waals surface area contributed by atoms with E-state index in [0.29, 0.717) is 18.1 Å². The van der Waals surface area contributed by atoms with Crippen LogP contribution in [0, 0.1) is 5.92 Å². The van der Waals surface area contributed by atoms with E-state index >= 15 is 0 Å². The van der Waals surface area contributed by atoms with Crippen LogP contribution in [0.5, 0.6) is 0 Å². The third kappa shape index (κ3) is 11.5. The number of nitrogens with one attached hydrogen (secondary N) is 1. The van der Waals surface area contributed by atoms with Gasteiger partial charge >= 0.3 is 18.0 Å². The topological polar surface area (TPSA) is 116 Å². The van der Waals surface area contributed by atoms with Gasteiger partial charge in [-0.1, -0.05) is 0 Å². The Labute approximate surface area is 142 Å². The molecule has 0 aromatic carbocycles. The Balaban J connectivity index is 0.000000561. The molecule has 1 saturated heterocycles. The van der Waals surface area contributed by atoms with Crippen molar-refractivity contribution in [3.63, 3.8) is 0 Å². The molecule has 138 valence electrons. The minimum atomic E-state index is -1.26. The second-order valence-electron chi connectivity index (χ2n) is 6.48. The summed E-state index contributed by atoms with van der Waals surface area (Å²) < 4.78 is 5.34. The minimum absolute atomic E-state index is 0.171. The molecule has 1 rings (SSSR count). The Hall–Kier alpha value is -2.09. The fourth-order valence-electron chi connectivity index (χ4n) is 2.08. The minimum Gasteiger partial charge on any atom is -0.478 e. The summed E-state index contributed by atoms with van der Waals surface area (Å²) in [4.78, 5) is 32.7. The van der Waals surface area contributed by atoms with Crippen molar-refractivity contribution in [3.8, 4) is 0 Å². The van der Waals surface area contributed by atoms with Crippen molar-refractivity contribution in [2.24, 2.45) is 5.92 Å². The van der Waals surface area contributed by atoms with Gasteiger partial charge in [-0.3, -0.25) is 0 Å². The summed E-state index contributed by atoms with van der Waals surface area (Å²) in [5.41, 5.74) is -0.390. The summed E-state index contributed by atoms with van der Waals surface area (Å²) in [6.07, 6.45) is 3.08. The number of hydrogen-bond donors (Lipinski definition) is 3. The molecule has 0 radical (unpaired) electrons. The molecule has 1 aliphatic heterocycles. The molecular formula is C16H28N2O6. The van der Waals surface area contributed by atoms with E-state index in [1.54, 1.807) is 0 Å². The number of likely N-dealkylation sites (tertiary alicyclic amines) is 1. The molecule has 0 aliphatic carbocycles. The van der Waals surface area contributed by atoms with E-state index in [4.69, 9.17) is 14.9 Å². The lowest BCUT2D eigenvalue weighted by molar-refractivity contribution is -0.134. The number of carbonyl (C=O) groups is 3. The van der Waals surface area contributed by atoms with E-state index in [9.17, 15) is 14.4 Å². The summed E-state index contributed by atoms with van der Waals surface area (Å²) in [6, 6.07) is 0. The molecule has 0 aromatic heterocycles. The van der Waals surface area contributed by atoms with Crippen molar-refractivity contribution < 1.29 is 29.3 Å². The van der Waals surface area contributed by atoms with Gasteiger partial charge in [-0.2, -0.15) is 0 Å². The van der Waals surface area contributed by atoms with Crippen LogP contribution in [0.1, 0.15) is 33.6 Å². The fraction of sp³-hybridized carbons (Fsp3) is 0.688. The van der Waals surface area contributed by atoms with Crippen LogP contribution in [0.4, 0.5) is 4.79 Å². The first kappa shape index (κ1) is 21.9. The van der Waals surface area contributed by atoms with Gasteiger partial charge in [-0.05, 0) is 53.1 Å². The maximum absolute atomic E-state index is 11.8. The molecule has 1 fully saturated rings. The highest BCUT2D eigenvalue weighted by Crippen LogP contribution is 2.18. The van der Waals surface area contributed by atoms with E-state index in [1.165, 1.54) is 0 Å². The molecule has 1 heterocycles. The van der Waals surface area contributed by atoms with Crippen molar-refractivity contribution in [1.82, 2.24) is 10.2 Å². The molecule has 24 heavy (non-hydrogen) atoms. The molecule has 1 amide bonds. The number of carboxylic acid groups (broad SMARTS) is 2. The van der Waals surface area contributed by atoms with E-state index < -0.39 is 11.9 Å². The van der Waals surface area contributed by atoms with Gasteiger partial charge in [0.25, 0.3) is 0 Å². The van der Waals surface area contributed by atoms with Crippen LogP contribution in [0.15, 0.2) is 12.2 Å². The average molecular weight is 344 g/mol. The molecule has 0 atom stereocenters. The summed E-state index contributed by atoms with van der Waals surface area (Å²) in [5.74, 6) is -1.82. The summed E-state index contributed by atoms with van der Waals surface area (Å²) >= 11 is 0. The van der Waals surface area contributed by atoms with Crippen molar-refractivity contribution in [2.45, 2.75) is 39.2 Å². The average Bonchev–Trinajstić information content (AvgIpc) is 2.45. The molecule has 0 saturated carbocycles. The van der Waals surface area contributed by atoms with Crippen LogP contribution in [-0.4, -0.2) is 65.4 Å². The molecule has 3 N–H and O–H groups in total. The van der Waals surface area contributed by atoms with Crippen LogP contribution in [0.3, 0.4) is 0 Å². The van der Waals surface area contributed by atoms with E-state index in [0.717, 1.165) is 32.5 Å². The fourth-order valence-corrected chi connectivity index (χ4v) is 2.08. The van der Waals surface area contributed by atoms with Gasteiger partial charge in [0.1, 0.15) is 5.60 Å². The van der Waals surface area contributed by atoms with Crippen molar-refractivity contribution >= 4 is 18.0 Å². The molecule has 8 nitrogen and oxygen atoms in total. The highest BCUT2D eigenvalue weighted by atomic mass is 16.6. The zero-order chi connectivity index (χ0) is 18.8. The number of amides is 1. The Bertz CT molecular complexity index is 432. The molecule has 0 unspecified atom stereocenters. The van der Waals surface area contributed by atoms with E-state index in [1.807, 2.05) is 32.7 Å². The summed E-state index contributed by atoms with van der Waals surface area (Å²) in [7, 11) is 1.97. The smallest absolute Gasteiger partial charge is 0.410 e. The Morgan fingerprint density at radius 3 is 1.92 bits per heavy atom. The zero-order valence-electron chi connectivity index (χ0n) is 14.7. The molecule has 0 aromatic rings. The number of piperidine rings is 1. The monoisotopic (exact) mass is 344 g/mol. The third-order valence-electron chi connectivity index (χ3n) is 3.13. The Morgan fingerprint density at radius 1 is 1.12 bits per heavy atom. The second kappa shape index (κ2) is 10.6. The quantitative estimate of drug-likeness (QED) is 0.663. The first-order chi connectivity index (χ1) is 11.0. The van der Waals surface area contributed by atoms with Crippen molar-refractivity contribution in [2.75, 3.05) is 26.7 Å². The van der Waals surface area contributed by atoms with Crippen LogP contribution in [-0.2, 0) is 14.3 Å². The highest BCUT2D eigenvalue weighted by molar-refractivity contribution is 5.89. The van der Waals surface area contributed by atoms with Crippen LogP contribution in [0.25, 0.3) is 0 Å². The largest absolute Gasteiger partial charge is 0.478 e. The molecule has 8 heteroatoms. The third-order valence-corrected chi connectivity index (χ3v) is 3.13. The number of carboxylic acids is 2. The van der Waals surface area contributed by atoms with Gasteiger partial charge in [-0.15, -0.1) is 0 Å². The molecular weight excluding hydrogens is 316 g/mol. The van der Waals surface area contributed by atoms with Crippen molar-refractivity contribution in [1.29, 1.82) is 0 Å². The van der Waals surface area contributed by atoms with E-state index in [-0.39, 0.29) is 11.7 Å². The zero-order valence-corrected chi connectivity index (χ0v) is 14.7. The number of ether oxygens (including phenoxy) is 1. The predicted octanol–water partition coefficient (Wildman–Crippen LogP) is 1.56. The second-order valence-corrected chi connectivity index (χ2v) is 6.48. The van der Waals surface area contributed by atoms with Crippen molar-refractivity contribution in [3.05, 3.63) is 12.2 Å². The van der Waals surface area contributed by atoms with Crippen LogP contribution >= 0.6 is 0 Å². The lowest BCUT2D eigenvalue weighted by Gasteiger charge is -2.33. The number of aliphatic carboxylic acids is 2. The van der Waals surface area contributed by atoms with Gasteiger partial charge in [0.15, 0.2) is 0 Å². The van der Waals surface area contributed by atoms with Gasteiger partial charge < -0.3 is 25.2 Å². The van der Waals surface area contributed by atoms with Crippen LogP contribution < -0.4 is 5.32 Å². The normalized spacial score (nSPS) is 15.6. The van der Waals surface area contributed by atoms with Gasteiger partial charge in [0.2, 0.25) is 0 Å². The van der Waals surface area contributed by atoms with Gasteiger partial charge in [0.05, 0.1) is 0 Å². The maximum Gasteiger partial charge on any atom is 0.410 e. The Morgan fingerprint density at radius 2 is 1.58 bits per heavy atom. The predicted molar refractivity (Wildman–Crippen MR) is 88.9 cm³/mol. The molecule has 0 bridgehead atoms. The van der Waals surface area contributed by atoms with Gasteiger partial charge in [0, 0.05) is 25.2 Å². The highest BCUT2D eigenvalue weighted by Gasteiger charge is 2.26. The SMILES string of the molecule is CNCC1CCN(C(=O)OC(C)(C)C)CC1.O=C(O)C=CC(=O)O. The van der Waals surface area contributed by atoms with Crippen LogP contribution in [0.2, 0.25) is 0 Å². The van der Waals surface area contributed by atoms with Gasteiger partial charge in [-0.25, -0.2) is 14.4 Å². The Kier molecular flexibility index (Phi) is 9.71. The molecule has 0 spiro atoms. The number of rotatable bonds is 4. The van der Waals surface area contributed by atoms with E-state index in [2.05, 4.69) is 5.32 Å². The number of nitrogens with zero attached hydrogens (tertiary/aromatic N) is 1. The lowest BCUT2D eigenvalue weighted by atomic mass is 9.97. The first-order valence-electron chi connectivity index (χ1n) is 7.81.